The summed E-state index contributed by atoms with van der Waals surface area (Å²) >= 11 is 0. The van der Waals surface area contributed by atoms with Crippen LogP contribution in [0.15, 0.2) is 6.33 Å². The summed E-state index contributed by atoms with van der Waals surface area (Å²) in [6.07, 6.45) is 7.76. The van der Waals surface area contributed by atoms with Crippen molar-refractivity contribution in [2.75, 3.05) is 25.0 Å². The Morgan fingerprint density at radius 1 is 1.26 bits per heavy atom. The first-order valence-corrected chi connectivity index (χ1v) is 8.69. The van der Waals surface area contributed by atoms with Gasteiger partial charge >= 0.3 is 6.03 Å². The molecule has 0 atom stereocenters. The largest absolute Gasteiger partial charge is 0.332 e. The first-order chi connectivity index (χ1) is 11.0. The van der Waals surface area contributed by atoms with E-state index in [9.17, 15) is 4.79 Å². The minimum absolute atomic E-state index is 0.251. The van der Waals surface area contributed by atoms with E-state index in [4.69, 9.17) is 0 Å². The zero-order valence-corrected chi connectivity index (χ0v) is 14.6. The van der Waals surface area contributed by atoms with Crippen molar-refractivity contribution in [1.29, 1.82) is 0 Å². The highest BCUT2D eigenvalue weighted by atomic mass is 16.2. The van der Waals surface area contributed by atoms with Crippen LogP contribution in [0.4, 0.5) is 10.7 Å². The Balaban J connectivity index is 1.81. The SMILES string of the molecule is CCCn1cnc(NC(=O)NC(C)(C)CN2CCCCCC2)n1. The fourth-order valence-corrected chi connectivity index (χ4v) is 3.02. The fraction of sp³-hybridized carbons (Fsp3) is 0.812. The molecule has 0 saturated carbocycles. The third kappa shape index (κ3) is 6.17. The number of rotatable bonds is 6. The Bertz CT molecular complexity index is 491. The van der Waals surface area contributed by atoms with E-state index in [2.05, 4.69) is 46.4 Å². The number of carbonyl (C=O) groups excluding carboxylic acids is 1. The van der Waals surface area contributed by atoms with E-state index in [1.165, 1.54) is 25.7 Å². The number of anilines is 1. The number of urea groups is 1. The van der Waals surface area contributed by atoms with Gasteiger partial charge in [-0.1, -0.05) is 19.8 Å². The topological polar surface area (TPSA) is 75.1 Å². The smallest absolute Gasteiger partial charge is 0.322 e. The van der Waals surface area contributed by atoms with Crippen LogP contribution < -0.4 is 10.6 Å². The Labute approximate surface area is 138 Å². The summed E-state index contributed by atoms with van der Waals surface area (Å²) in [5.74, 6) is 0.349. The van der Waals surface area contributed by atoms with E-state index < -0.39 is 0 Å². The molecule has 7 nitrogen and oxygen atoms in total. The summed E-state index contributed by atoms with van der Waals surface area (Å²) in [6.45, 7) is 10.1. The third-order valence-electron chi connectivity index (χ3n) is 3.98. The molecule has 2 heterocycles. The van der Waals surface area contributed by atoms with Crippen LogP contribution in [0, 0.1) is 0 Å². The molecule has 2 amide bonds. The van der Waals surface area contributed by atoms with Gasteiger partial charge in [-0.15, -0.1) is 5.10 Å². The molecule has 1 aliphatic rings. The van der Waals surface area contributed by atoms with Gasteiger partial charge in [-0.3, -0.25) is 10.00 Å². The molecule has 1 saturated heterocycles. The van der Waals surface area contributed by atoms with Crippen LogP contribution in [0.25, 0.3) is 0 Å². The number of nitrogens with one attached hydrogen (secondary N) is 2. The van der Waals surface area contributed by atoms with Crippen molar-refractivity contribution in [2.24, 2.45) is 0 Å². The molecular weight excluding hydrogens is 292 g/mol. The minimum atomic E-state index is -0.291. The van der Waals surface area contributed by atoms with Gasteiger partial charge in [0.05, 0.1) is 0 Å². The summed E-state index contributed by atoms with van der Waals surface area (Å²) in [4.78, 5) is 18.7. The van der Waals surface area contributed by atoms with Gasteiger partial charge in [0.25, 0.3) is 0 Å². The van der Waals surface area contributed by atoms with Crippen molar-refractivity contribution in [3.05, 3.63) is 6.33 Å². The molecule has 0 bridgehead atoms. The van der Waals surface area contributed by atoms with Gasteiger partial charge in [-0.25, -0.2) is 9.78 Å². The molecule has 2 rings (SSSR count). The van der Waals surface area contributed by atoms with Gasteiger partial charge in [0.1, 0.15) is 6.33 Å². The van der Waals surface area contributed by atoms with Crippen LogP contribution in [0.1, 0.15) is 52.9 Å². The van der Waals surface area contributed by atoms with Gasteiger partial charge in [-0.2, -0.15) is 0 Å². The molecule has 2 N–H and O–H groups in total. The predicted molar refractivity (Wildman–Crippen MR) is 91.5 cm³/mol. The maximum atomic E-state index is 12.2. The summed E-state index contributed by atoms with van der Waals surface area (Å²) in [5, 5.41) is 9.97. The van der Waals surface area contributed by atoms with Crippen molar-refractivity contribution < 1.29 is 4.79 Å². The minimum Gasteiger partial charge on any atom is -0.332 e. The Hall–Kier alpha value is -1.63. The normalized spacial score (nSPS) is 16.8. The second kappa shape index (κ2) is 8.29. The molecule has 1 aromatic rings. The molecule has 0 spiro atoms. The highest BCUT2D eigenvalue weighted by molar-refractivity contribution is 5.87. The van der Waals surface area contributed by atoms with Crippen LogP contribution in [0.2, 0.25) is 0 Å². The number of likely N-dealkylation sites (tertiary alicyclic amines) is 1. The molecular formula is C16H30N6O. The number of hydrogen-bond donors (Lipinski definition) is 2. The summed E-state index contributed by atoms with van der Waals surface area (Å²) in [7, 11) is 0. The van der Waals surface area contributed by atoms with Gasteiger partial charge in [-0.05, 0) is 46.2 Å². The van der Waals surface area contributed by atoms with E-state index in [0.29, 0.717) is 5.95 Å². The van der Waals surface area contributed by atoms with Crippen molar-refractivity contribution >= 4 is 12.0 Å². The van der Waals surface area contributed by atoms with Crippen molar-refractivity contribution in [3.8, 4) is 0 Å². The van der Waals surface area contributed by atoms with Crippen molar-refractivity contribution in [3.63, 3.8) is 0 Å². The maximum absolute atomic E-state index is 12.2. The van der Waals surface area contributed by atoms with E-state index in [0.717, 1.165) is 32.6 Å². The molecule has 1 fully saturated rings. The lowest BCUT2D eigenvalue weighted by atomic mass is 10.1. The monoisotopic (exact) mass is 322 g/mol. The lowest BCUT2D eigenvalue weighted by Gasteiger charge is -2.32. The average molecular weight is 322 g/mol. The number of aromatic nitrogens is 3. The van der Waals surface area contributed by atoms with Crippen LogP contribution in [-0.4, -0.2) is 50.9 Å². The molecule has 1 aliphatic heterocycles. The molecule has 0 aliphatic carbocycles. The number of aryl methyl sites for hydroxylation is 1. The van der Waals surface area contributed by atoms with Crippen LogP contribution in [0.3, 0.4) is 0 Å². The highest BCUT2D eigenvalue weighted by Crippen LogP contribution is 2.13. The molecule has 0 unspecified atom stereocenters. The number of nitrogens with zero attached hydrogens (tertiary/aromatic N) is 4. The van der Waals surface area contributed by atoms with Crippen molar-refractivity contribution in [1.82, 2.24) is 25.0 Å². The van der Waals surface area contributed by atoms with Gasteiger partial charge in [0.15, 0.2) is 0 Å². The number of amides is 2. The van der Waals surface area contributed by atoms with E-state index in [-0.39, 0.29) is 11.6 Å². The van der Waals surface area contributed by atoms with Gasteiger partial charge < -0.3 is 10.2 Å². The Morgan fingerprint density at radius 2 is 1.96 bits per heavy atom. The molecule has 23 heavy (non-hydrogen) atoms. The molecule has 1 aromatic heterocycles. The molecule has 0 aromatic carbocycles. The Morgan fingerprint density at radius 3 is 2.61 bits per heavy atom. The lowest BCUT2D eigenvalue weighted by molar-refractivity contribution is 0.201. The number of carbonyl (C=O) groups is 1. The van der Waals surface area contributed by atoms with Gasteiger partial charge in [0, 0.05) is 18.6 Å². The average Bonchev–Trinajstić information content (AvgIpc) is 2.73. The maximum Gasteiger partial charge on any atom is 0.322 e. The summed E-state index contributed by atoms with van der Waals surface area (Å²) < 4.78 is 1.73. The van der Waals surface area contributed by atoms with E-state index in [1.807, 2.05) is 0 Å². The molecule has 7 heteroatoms. The van der Waals surface area contributed by atoms with E-state index in [1.54, 1.807) is 11.0 Å². The fourth-order valence-electron chi connectivity index (χ4n) is 3.02. The summed E-state index contributed by atoms with van der Waals surface area (Å²) in [5.41, 5.74) is -0.291. The predicted octanol–water partition coefficient (Wildman–Crippen LogP) is 2.46. The quantitative estimate of drug-likeness (QED) is 0.843. The van der Waals surface area contributed by atoms with Crippen LogP contribution in [-0.2, 0) is 6.54 Å². The summed E-state index contributed by atoms with van der Waals surface area (Å²) in [6, 6.07) is -0.251. The van der Waals surface area contributed by atoms with Crippen LogP contribution >= 0.6 is 0 Å². The highest BCUT2D eigenvalue weighted by Gasteiger charge is 2.24. The molecule has 0 radical (unpaired) electrons. The molecule has 130 valence electrons. The van der Waals surface area contributed by atoms with Crippen LogP contribution in [0.5, 0.6) is 0 Å². The van der Waals surface area contributed by atoms with E-state index >= 15 is 0 Å². The zero-order chi connectivity index (χ0) is 16.7. The first kappa shape index (κ1) is 17.7. The number of hydrogen-bond acceptors (Lipinski definition) is 4. The second-order valence-corrected chi connectivity index (χ2v) is 6.98. The second-order valence-electron chi connectivity index (χ2n) is 6.98. The Kier molecular flexibility index (Phi) is 6.38. The zero-order valence-electron chi connectivity index (χ0n) is 14.6. The standard InChI is InChI=1S/C16H30N6O/c1-4-9-22-13-17-14(20-22)18-15(23)19-16(2,3)12-21-10-7-5-6-8-11-21/h13H,4-12H2,1-3H3,(H2,18,19,20,23). The third-order valence-corrected chi connectivity index (χ3v) is 3.98. The van der Waals surface area contributed by atoms with Gasteiger partial charge in [0.2, 0.25) is 5.95 Å². The lowest BCUT2D eigenvalue weighted by Crippen LogP contribution is -2.53. The van der Waals surface area contributed by atoms with Crippen molar-refractivity contribution in [2.45, 2.75) is 65.0 Å². The first-order valence-electron chi connectivity index (χ1n) is 8.69.